The van der Waals surface area contributed by atoms with E-state index in [1.807, 2.05) is 19.2 Å². The molecule has 25 heavy (non-hydrogen) atoms. The summed E-state index contributed by atoms with van der Waals surface area (Å²) in [6.45, 7) is 10.2. The first-order chi connectivity index (χ1) is 12.2. The summed E-state index contributed by atoms with van der Waals surface area (Å²) in [7, 11) is 0. The Labute approximate surface area is 148 Å². The zero-order valence-electron chi connectivity index (χ0n) is 15.0. The molecule has 1 N–H and O–H groups in total. The zero-order valence-corrected chi connectivity index (χ0v) is 15.0. The van der Waals surface area contributed by atoms with Gasteiger partial charge in [0.25, 0.3) is 0 Å². The molecule has 2 aromatic rings. The third-order valence-corrected chi connectivity index (χ3v) is 4.79. The van der Waals surface area contributed by atoms with Crippen molar-refractivity contribution in [3.63, 3.8) is 0 Å². The van der Waals surface area contributed by atoms with Gasteiger partial charge in [0.15, 0.2) is 0 Å². The van der Waals surface area contributed by atoms with Crippen LogP contribution in [0.2, 0.25) is 0 Å². The Kier molecular flexibility index (Phi) is 5.94. The van der Waals surface area contributed by atoms with Gasteiger partial charge in [-0.15, -0.1) is 0 Å². The Hall–Kier alpha value is -2.05. The number of halogens is 1. The summed E-state index contributed by atoms with van der Waals surface area (Å²) in [5.41, 5.74) is 2.03. The molecular weight excluding hydrogens is 317 g/mol. The Bertz CT molecular complexity index is 685. The van der Waals surface area contributed by atoms with Crippen molar-refractivity contribution in [2.45, 2.75) is 26.4 Å². The molecule has 134 valence electrons. The minimum atomic E-state index is -0.302. The van der Waals surface area contributed by atoms with Gasteiger partial charge in [-0.3, -0.25) is 4.98 Å². The lowest BCUT2D eigenvalue weighted by molar-refractivity contribution is 0.270. The number of anilines is 1. The maximum Gasteiger partial charge on any atom is 0.141 e. The number of hydrogen-bond acceptors (Lipinski definition) is 5. The summed E-state index contributed by atoms with van der Waals surface area (Å²) in [5, 5.41) is 3.43. The highest BCUT2D eigenvalue weighted by Crippen LogP contribution is 2.17. The van der Waals surface area contributed by atoms with Gasteiger partial charge < -0.3 is 15.1 Å². The fourth-order valence-corrected chi connectivity index (χ4v) is 3.09. The number of hydrogen-bond donors (Lipinski definition) is 1. The van der Waals surface area contributed by atoms with Crippen molar-refractivity contribution in [2.75, 3.05) is 37.6 Å². The van der Waals surface area contributed by atoms with E-state index in [2.05, 4.69) is 38.1 Å². The number of aromatic nitrogens is 2. The van der Waals surface area contributed by atoms with Crippen LogP contribution in [-0.2, 0) is 6.54 Å². The highest BCUT2D eigenvalue weighted by molar-refractivity contribution is 5.41. The average molecular weight is 343 g/mol. The highest BCUT2D eigenvalue weighted by Gasteiger charge is 2.17. The van der Waals surface area contributed by atoms with Crippen LogP contribution in [0.4, 0.5) is 10.2 Å². The first-order valence-corrected chi connectivity index (χ1v) is 8.91. The second-order valence-electron chi connectivity index (χ2n) is 6.48. The first kappa shape index (κ1) is 17.8. The molecule has 0 unspecified atom stereocenters. The smallest absolute Gasteiger partial charge is 0.141 e. The molecular formula is C19H26FN5. The van der Waals surface area contributed by atoms with Crippen molar-refractivity contribution in [3.8, 4) is 0 Å². The molecule has 0 spiro atoms. The molecule has 3 heterocycles. The molecule has 1 atom stereocenters. The van der Waals surface area contributed by atoms with E-state index in [1.165, 1.54) is 17.8 Å². The molecule has 2 aromatic heterocycles. The summed E-state index contributed by atoms with van der Waals surface area (Å²) in [5.74, 6) is 0.735. The van der Waals surface area contributed by atoms with Crippen LogP contribution in [-0.4, -0.2) is 47.6 Å². The molecule has 6 heteroatoms. The molecule has 3 rings (SSSR count). The number of likely N-dealkylation sites (N-methyl/N-ethyl adjacent to an activating group) is 1. The van der Waals surface area contributed by atoms with Crippen LogP contribution in [0.5, 0.6) is 0 Å². The van der Waals surface area contributed by atoms with Crippen LogP contribution in [0, 0.1) is 5.82 Å². The first-order valence-electron chi connectivity index (χ1n) is 8.91. The van der Waals surface area contributed by atoms with E-state index in [1.54, 1.807) is 6.20 Å². The van der Waals surface area contributed by atoms with Gasteiger partial charge in [0, 0.05) is 51.2 Å². The van der Waals surface area contributed by atoms with E-state index < -0.39 is 0 Å². The van der Waals surface area contributed by atoms with E-state index in [9.17, 15) is 4.39 Å². The molecule has 1 aliphatic rings. The monoisotopic (exact) mass is 343 g/mol. The number of nitrogens with zero attached hydrogens (tertiary/aromatic N) is 4. The normalized spacial score (nSPS) is 16.8. The van der Waals surface area contributed by atoms with Gasteiger partial charge in [0.2, 0.25) is 0 Å². The standard InChI is InChI=1S/C19H26FN5/c1-3-24-6-8-25(9-7-24)19-10-16(4-5-22-19)12-23-15(2)17-11-18(20)14-21-13-17/h4-5,10-11,13-15,23H,3,6-9,12H2,1-2H3/t15-/m0/s1. The zero-order chi connectivity index (χ0) is 17.6. The van der Waals surface area contributed by atoms with Gasteiger partial charge in [0.05, 0.1) is 6.20 Å². The van der Waals surface area contributed by atoms with Crippen molar-refractivity contribution >= 4 is 5.82 Å². The summed E-state index contributed by atoms with van der Waals surface area (Å²) >= 11 is 0. The van der Waals surface area contributed by atoms with Crippen molar-refractivity contribution in [2.24, 2.45) is 0 Å². The Morgan fingerprint density at radius 3 is 2.72 bits per heavy atom. The molecule has 0 amide bonds. The molecule has 5 nitrogen and oxygen atoms in total. The largest absolute Gasteiger partial charge is 0.354 e. The lowest BCUT2D eigenvalue weighted by atomic mass is 10.1. The topological polar surface area (TPSA) is 44.3 Å². The van der Waals surface area contributed by atoms with Crippen molar-refractivity contribution in [1.29, 1.82) is 0 Å². The lowest BCUT2D eigenvalue weighted by Crippen LogP contribution is -2.46. The number of piperazine rings is 1. The van der Waals surface area contributed by atoms with E-state index in [0.29, 0.717) is 6.54 Å². The van der Waals surface area contributed by atoms with E-state index in [0.717, 1.165) is 44.1 Å². The number of pyridine rings is 2. The Morgan fingerprint density at radius 2 is 2.00 bits per heavy atom. The third kappa shape index (κ3) is 4.74. The van der Waals surface area contributed by atoms with Crippen LogP contribution in [0.3, 0.4) is 0 Å². The summed E-state index contributed by atoms with van der Waals surface area (Å²) in [6, 6.07) is 5.73. The summed E-state index contributed by atoms with van der Waals surface area (Å²) in [6.07, 6.45) is 4.79. The molecule has 0 radical (unpaired) electrons. The fourth-order valence-electron chi connectivity index (χ4n) is 3.09. The quantitative estimate of drug-likeness (QED) is 0.873. The predicted octanol–water partition coefficient (Wildman–Crippen LogP) is 2.61. The Morgan fingerprint density at radius 1 is 1.20 bits per heavy atom. The molecule has 0 aromatic carbocycles. The average Bonchev–Trinajstić information content (AvgIpc) is 2.66. The number of nitrogens with one attached hydrogen (secondary N) is 1. The Balaban J connectivity index is 1.58. The molecule has 1 aliphatic heterocycles. The van der Waals surface area contributed by atoms with E-state index in [4.69, 9.17) is 0 Å². The third-order valence-electron chi connectivity index (χ3n) is 4.79. The molecule has 0 saturated carbocycles. The predicted molar refractivity (Wildman–Crippen MR) is 98.0 cm³/mol. The van der Waals surface area contributed by atoms with Crippen LogP contribution >= 0.6 is 0 Å². The van der Waals surface area contributed by atoms with Crippen molar-refractivity contribution in [3.05, 3.63) is 53.7 Å². The van der Waals surface area contributed by atoms with Crippen LogP contribution < -0.4 is 10.2 Å². The van der Waals surface area contributed by atoms with Gasteiger partial charge in [-0.2, -0.15) is 0 Å². The number of rotatable bonds is 6. The van der Waals surface area contributed by atoms with Crippen molar-refractivity contribution in [1.82, 2.24) is 20.2 Å². The van der Waals surface area contributed by atoms with Crippen LogP contribution in [0.1, 0.15) is 31.0 Å². The summed E-state index contributed by atoms with van der Waals surface area (Å²) in [4.78, 5) is 13.2. The van der Waals surface area contributed by atoms with Crippen molar-refractivity contribution < 1.29 is 4.39 Å². The fraction of sp³-hybridized carbons (Fsp3) is 0.474. The maximum absolute atomic E-state index is 13.3. The van der Waals surface area contributed by atoms with Gasteiger partial charge >= 0.3 is 0 Å². The second-order valence-corrected chi connectivity index (χ2v) is 6.48. The van der Waals surface area contributed by atoms with E-state index in [-0.39, 0.29) is 11.9 Å². The minimum Gasteiger partial charge on any atom is -0.354 e. The van der Waals surface area contributed by atoms with Crippen LogP contribution in [0.15, 0.2) is 36.8 Å². The maximum atomic E-state index is 13.3. The summed E-state index contributed by atoms with van der Waals surface area (Å²) < 4.78 is 13.3. The molecule has 1 saturated heterocycles. The lowest BCUT2D eigenvalue weighted by Gasteiger charge is -2.34. The second kappa shape index (κ2) is 8.36. The van der Waals surface area contributed by atoms with Gasteiger partial charge in [-0.1, -0.05) is 6.92 Å². The van der Waals surface area contributed by atoms with Gasteiger partial charge in [-0.25, -0.2) is 9.37 Å². The SMILES string of the molecule is CCN1CCN(c2cc(CN[C@@H](C)c3cncc(F)c3)ccn2)CC1. The van der Waals surface area contributed by atoms with E-state index >= 15 is 0 Å². The van der Waals surface area contributed by atoms with Gasteiger partial charge in [-0.05, 0) is 42.8 Å². The minimum absolute atomic E-state index is 0.0351. The highest BCUT2D eigenvalue weighted by atomic mass is 19.1. The van der Waals surface area contributed by atoms with Gasteiger partial charge in [0.1, 0.15) is 11.6 Å². The molecule has 0 aliphatic carbocycles. The molecule has 0 bridgehead atoms. The molecule has 1 fully saturated rings. The van der Waals surface area contributed by atoms with Crippen LogP contribution in [0.25, 0.3) is 0 Å².